The van der Waals surface area contributed by atoms with E-state index in [9.17, 15) is 18.3 Å². The number of hydrogen-bond donors (Lipinski definition) is 3. The molecule has 0 aromatic carbocycles. The fourth-order valence-corrected chi connectivity index (χ4v) is 2.16. The van der Waals surface area contributed by atoms with E-state index in [0.717, 1.165) is 0 Å². The van der Waals surface area contributed by atoms with E-state index in [2.05, 4.69) is 4.18 Å². The van der Waals surface area contributed by atoms with Gasteiger partial charge in [-0.1, -0.05) is 6.92 Å². The summed E-state index contributed by atoms with van der Waals surface area (Å²) in [4.78, 5) is 10.9. The molecule has 0 aromatic heterocycles. The summed E-state index contributed by atoms with van der Waals surface area (Å²) in [7, 11) is -4.78. The van der Waals surface area contributed by atoms with Gasteiger partial charge in [0.1, 0.15) is 18.3 Å². The predicted molar refractivity (Wildman–Crippen MR) is 59.8 cm³/mol. The minimum atomic E-state index is -4.78. The predicted octanol–water partition coefficient (Wildman–Crippen LogP) is -1.19. The number of carboxylic acids is 1. The Morgan fingerprint density at radius 3 is 2.58 bits per heavy atom. The molecule has 0 radical (unpaired) electrons. The highest BCUT2D eigenvalue weighted by Gasteiger charge is 2.45. The van der Waals surface area contributed by atoms with Crippen molar-refractivity contribution in [2.24, 2.45) is 0 Å². The van der Waals surface area contributed by atoms with Gasteiger partial charge in [0.15, 0.2) is 6.10 Å². The Morgan fingerprint density at radius 2 is 2.11 bits per heavy atom. The first-order chi connectivity index (χ1) is 8.76. The van der Waals surface area contributed by atoms with Crippen molar-refractivity contribution in [3.8, 4) is 0 Å². The van der Waals surface area contributed by atoms with Crippen LogP contribution in [-0.4, -0.2) is 66.8 Å². The lowest BCUT2D eigenvalue weighted by Gasteiger charge is -2.37. The van der Waals surface area contributed by atoms with Gasteiger partial charge in [0.05, 0.1) is 6.61 Å². The molecule has 3 N–H and O–H groups in total. The van der Waals surface area contributed by atoms with Gasteiger partial charge < -0.3 is 19.7 Å². The van der Waals surface area contributed by atoms with Crippen molar-refractivity contribution in [1.29, 1.82) is 0 Å². The lowest BCUT2D eigenvalue weighted by Crippen LogP contribution is -2.57. The molecule has 1 saturated heterocycles. The van der Waals surface area contributed by atoms with E-state index in [0.29, 0.717) is 6.42 Å². The number of rotatable bonds is 6. The third-order valence-electron chi connectivity index (χ3n) is 2.46. The molecule has 0 aromatic rings. The summed E-state index contributed by atoms with van der Waals surface area (Å²) >= 11 is 0. The summed E-state index contributed by atoms with van der Waals surface area (Å²) in [5.41, 5.74) is 0. The van der Waals surface area contributed by atoms with Crippen LogP contribution in [-0.2, 0) is 28.9 Å². The number of aliphatic hydroxyl groups excluding tert-OH is 1. The average Bonchev–Trinajstić information content (AvgIpc) is 2.28. The summed E-state index contributed by atoms with van der Waals surface area (Å²) in [6.07, 6.45) is -5.11. The zero-order chi connectivity index (χ0) is 14.6. The van der Waals surface area contributed by atoms with Gasteiger partial charge in [-0.05, 0) is 6.42 Å². The zero-order valence-corrected chi connectivity index (χ0v) is 10.9. The fraction of sp³-hybridized carbons (Fsp3) is 0.889. The van der Waals surface area contributed by atoms with E-state index in [4.69, 9.17) is 19.1 Å². The van der Waals surface area contributed by atoms with Gasteiger partial charge in [-0.25, -0.2) is 8.98 Å². The monoisotopic (exact) mass is 300 g/mol. The summed E-state index contributed by atoms with van der Waals surface area (Å²) in [6.45, 7) is 1.44. The zero-order valence-electron chi connectivity index (χ0n) is 10.1. The molecular formula is C9H16O9S. The van der Waals surface area contributed by atoms with E-state index in [1.54, 1.807) is 6.92 Å². The van der Waals surface area contributed by atoms with Crippen LogP contribution in [0.15, 0.2) is 0 Å². The maximum atomic E-state index is 10.9. The Kier molecular flexibility index (Phi) is 5.64. The van der Waals surface area contributed by atoms with E-state index >= 15 is 0 Å². The van der Waals surface area contributed by atoms with Crippen LogP contribution < -0.4 is 0 Å². The average molecular weight is 300 g/mol. The molecule has 0 bridgehead atoms. The van der Waals surface area contributed by atoms with Crippen LogP contribution >= 0.6 is 0 Å². The highest BCUT2D eigenvalue weighted by atomic mass is 32.3. The molecule has 10 heteroatoms. The molecule has 19 heavy (non-hydrogen) atoms. The van der Waals surface area contributed by atoms with Crippen molar-refractivity contribution in [3.05, 3.63) is 0 Å². The number of carboxylic acid groups (broad SMARTS) is 1. The Bertz CT molecular complexity index is 406. The normalized spacial score (nSPS) is 32.2. The van der Waals surface area contributed by atoms with Crippen molar-refractivity contribution in [1.82, 2.24) is 0 Å². The molecule has 1 aliphatic rings. The first-order valence-electron chi connectivity index (χ1n) is 5.56. The molecule has 4 atom stereocenters. The van der Waals surface area contributed by atoms with Crippen LogP contribution in [0.3, 0.4) is 0 Å². The van der Waals surface area contributed by atoms with Crippen molar-refractivity contribution in [2.45, 2.75) is 37.8 Å². The standard InChI is InChI=1S/C9H16O9S/c1-2-3-16-7-6(10)5(18-19(13,14)15)4-17-8(7)9(11)12/h5-8,10H,2-4H2,1H3,(H,11,12)(H,13,14,15)/t5?,6-,7-,8?/m1/s1. The first kappa shape index (κ1) is 16.3. The smallest absolute Gasteiger partial charge is 0.397 e. The van der Waals surface area contributed by atoms with E-state index < -0.39 is 47.4 Å². The molecule has 2 unspecified atom stereocenters. The number of aliphatic carboxylic acids is 1. The third kappa shape index (κ3) is 4.67. The van der Waals surface area contributed by atoms with E-state index in [-0.39, 0.29) is 6.61 Å². The van der Waals surface area contributed by atoms with Gasteiger partial charge >= 0.3 is 16.4 Å². The van der Waals surface area contributed by atoms with Crippen molar-refractivity contribution in [3.63, 3.8) is 0 Å². The highest BCUT2D eigenvalue weighted by Crippen LogP contribution is 2.22. The Hall–Kier alpha value is -0.780. The largest absolute Gasteiger partial charge is 0.479 e. The second-order valence-corrected chi connectivity index (χ2v) is 5.03. The summed E-state index contributed by atoms with van der Waals surface area (Å²) in [5, 5.41) is 18.8. The number of hydrogen-bond acceptors (Lipinski definition) is 7. The summed E-state index contributed by atoms with van der Waals surface area (Å²) in [6, 6.07) is 0. The van der Waals surface area contributed by atoms with Gasteiger partial charge in [0, 0.05) is 6.61 Å². The molecule has 1 aliphatic heterocycles. The van der Waals surface area contributed by atoms with Crippen LogP contribution in [0.1, 0.15) is 13.3 Å². The van der Waals surface area contributed by atoms with Crippen molar-refractivity contribution >= 4 is 16.4 Å². The second kappa shape index (κ2) is 6.59. The molecular weight excluding hydrogens is 284 g/mol. The summed E-state index contributed by atoms with van der Waals surface area (Å²) < 4.78 is 44.0. The van der Waals surface area contributed by atoms with E-state index in [1.165, 1.54) is 0 Å². The van der Waals surface area contributed by atoms with Crippen LogP contribution in [0, 0.1) is 0 Å². The van der Waals surface area contributed by atoms with Crippen molar-refractivity contribution in [2.75, 3.05) is 13.2 Å². The topological polar surface area (TPSA) is 140 Å². The van der Waals surface area contributed by atoms with Gasteiger partial charge in [0.25, 0.3) is 0 Å². The molecule has 1 rings (SSSR count). The van der Waals surface area contributed by atoms with Gasteiger partial charge in [-0.3, -0.25) is 4.55 Å². The third-order valence-corrected chi connectivity index (χ3v) is 2.95. The van der Waals surface area contributed by atoms with Crippen LogP contribution in [0.25, 0.3) is 0 Å². The molecule has 0 spiro atoms. The maximum absolute atomic E-state index is 10.9. The van der Waals surface area contributed by atoms with Crippen molar-refractivity contribution < 1.29 is 41.6 Å². The first-order valence-corrected chi connectivity index (χ1v) is 6.92. The maximum Gasteiger partial charge on any atom is 0.397 e. The molecule has 0 amide bonds. The minimum Gasteiger partial charge on any atom is -0.479 e. The highest BCUT2D eigenvalue weighted by molar-refractivity contribution is 7.80. The van der Waals surface area contributed by atoms with Crippen LogP contribution in [0.4, 0.5) is 0 Å². The molecule has 0 aliphatic carbocycles. The van der Waals surface area contributed by atoms with Gasteiger partial charge in [-0.2, -0.15) is 8.42 Å². The summed E-state index contributed by atoms with van der Waals surface area (Å²) in [5.74, 6) is -1.34. The lowest BCUT2D eigenvalue weighted by atomic mass is 10.00. The quantitative estimate of drug-likeness (QED) is 0.517. The molecule has 9 nitrogen and oxygen atoms in total. The van der Waals surface area contributed by atoms with Gasteiger partial charge in [-0.15, -0.1) is 0 Å². The second-order valence-electron chi connectivity index (χ2n) is 3.98. The molecule has 112 valence electrons. The van der Waals surface area contributed by atoms with E-state index in [1.807, 2.05) is 0 Å². The number of carbonyl (C=O) groups is 1. The minimum absolute atomic E-state index is 0.160. The Labute approximate surface area is 110 Å². The Balaban J connectivity index is 2.81. The fourth-order valence-electron chi connectivity index (χ4n) is 1.68. The van der Waals surface area contributed by atoms with Crippen LogP contribution in [0.5, 0.6) is 0 Å². The molecule has 1 heterocycles. The van der Waals surface area contributed by atoms with Crippen LogP contribution in [0.2, 0.25) is 0 Å². The number of ether oxygens (including phenoxy) is 2. The Morgan fingerprint density at radius 1 is 1.47 bits per heavy atom. The lowest BCUT2D eigenvalue weighted by molar-refractivity contribution is -0.209. The SMILES string of the molecule is CCCO[C@H]1C(C(=O)O)OCC(OS(=O)(=O)O)[C@H]1O. The molecule has 1 fully saturated rings. The number of aliphatic hydroxyl groups is 1. The van der Waals surface area contributed by atoms with Gasteiger partial charge in [0.2, 0.25) is 0 Å². The molecule has 0 saturated carbocycles.